The van der Waals surface area contributed by atoms with E-state index in [2.05, 4.69) is 5.32 Å². The molecule has 4 nitrogen and oxygen atoms in total. The van der Waals surface area contributed by atoms with Gasteiger partial charge in [-0.2, -0.15) is 0 Å². The van der Waals surface area contributed by atoms with Gasteiger partial charge in [-0.15, -0.1) is 11.6 Å². The minimum atomic E-state index is -0.424. The van der Waals surface area contributed by atoms with E-state index in [1.165, 1.54) is 0 Å². The molecule has 0 aromatic rings. The number of alkyl halides is 1. The van der Waals surface area contributed by atoms with Gasteiger partial charge < -0.3 is 0 Å². The lowest BCUT2D eigenvalue weighted by atomic mass is 10.2. The Labute approximate surface area is 82.2 Å². The number of nitrogens with one attached hydrogen (secondary N) is 1. The molecular formula is C8H13ClN2O2. The van der Waals surface area contributed by atoms with E-state index in [1.807, 2.05) is 11.9 Å². The summed E-state index contributed by atoms with van der Waals surface area (Å²) < 4.78 is 0. The molecule has 0 aromatic carbocycles. The fraction of sp³-hybridized carbons (Fsp3) is 0.750. The summed E-state index contributed by atoms with van der Waals surface area (Å²) in [6.07, 6.45) is 1.82. The van der Waals surface area contributed by atoms with Crippen molar-refractivity contribution in [1.82, 2.24) is 10.2 Å². The Bertz CT molecular complexity index is 220. The first-order chi connectivity index (χ1) is 6.15. The van der Waals surface area contributed by atoms with Crippen LogP contribution in [0.1, 0.15) is 12.8 Å². The maximum absolute atomic E-state index is 11.4. The molecule has 1 saturated heterocycles. The average Bonchev–Trinajstić information content (AvgIpc) is 2.51. The predicted octanol–water partition coefficient (Wildman–Crippen LogP) is -0.0378. The monoisotopic (exact) mass is 204 g/mol. The highest BCUT2D eigenvalue weighted by Gasteiger charge is 2.28. The van der Waals surface area contributed by atoms with Crippen molar-refractivity contribution in [3.63, 3.8) is 0 Å². The quantitative estimate of drug-likeness (QED) is 0.643. The maximum atomic E-state index is 11.4. The van der Waals surface area contributed by atoms with Gasteiger partial charge >= 0.3 is 0 Å². The van der Waals surface area contributed by atoms with Crippen LogP contribution in [0.4, 0.5) is 0 Å². The zero-order valence-electron chi connectivity index (χ0n) is 7.55. The van der Waals surface area contributed by atoms with Crippen LogP contribution in [0.3, 0.4) is 0 Å². The molecule has 0 spiro atoms. The molecule has 1 fully saturated rings. The molecule has 1 aliphatic rings. The van der Waals surface area contributed by atoms with E-state index in [1.54, 1.807) is 0 Å². The number of amides is 2. The van der Waals surface area contributed by atoms with E-state index in [0.29, 0.717) is 0 Å². The minimum absolute atomic E-state index is 0.160. The van der Waals surface area contributed by atoms with Crippen LogP contribution >= 0.6 is 11.6 Å². The van der Waals surface area contributed by atoms with Gasteiger partial charge in [-0.25, -0.2) is 0 Å². The molecule has 74 valence electrons. The number of hydrogen-bond acceptors (Lipinski definition) is 3. The Morgan fingerprint density at radius 1 is 1.62 bits per heavy atom. The lowest BCUT2D eigenvalue weighted by molar-refractivity contribution is -0.131. The number of nitrogens with zero attached hydrogens (tertiary/aromatic N) is 1. The normalized spacial score (nSPS) is 23.1. The summed E-state index contributed by atoms with van der Waals surface area (Å²) >= 11 is 5.26. The predicted molar refractivity (Wildman–Crippen MR) is 49.5 cm³/mol. The smallest absolute Gasteiger partial charge is 0.243 e. The molecule has 1 N–H and O–H groups in total. The van der Waals surface area contributed by atoms with Crippen LogP contribution in [0.2, 0.25) is 0 Å². The number of carbonyl (C=O) groups excluding carboxylic acids is 2. The summed E-state index contributed by atoms with van der Waals surface area (Å²) in [6, 6.07) is -0.160. The summed E-state index contributed by atoms with van der Waals surface area (Å²) in [7, 11) is 1.88. The molecule has 5 heteroatoms. The fourth-order valence-electron chi connectivity index (χ4n) is 1.50. The topological polar surface area (TPSA) is 49.4 Å². The highest BCUT2D eigenvalue weighted by molar-refractivity contribution is 6.28. The van der Waals surface area contributed by atoms with Gasteiger partial charge in [0.2, 0.25) is 11.8 Å². The van der Waals surface area contributed by atoms with Gasteiger partial charge in [-0.3, -0.25) is 19.8 Å². The van der Waals surface area contributed by atoms with Gasteiger partial charge in [-0.1, -0.05) is 0 Å². The second-order valence-electron chi connectivity index (χ2n) is 3.18. The molecule has 0 aromatic heterocycles. The number of carbonyl (C=O) groups is 2. The Kier molecular flexibility index (Phi) is 3.69. The van der Waals surface area contributed by atoms with E-state index in [9.17, 15) is 9.59 Å². The van der Waals surface area contributed by atoms with Crippen molar-refractivity contribution in [2.24, 2.45) is 0 Å². The zero-order chi connectivity index (χ0) is 9.84. The van der Waals surface area contributed by atoms with Gasteiger partial charge in [-0.05, 0) is 26.4 Å². The van der Waals surface area contributed by atoms with Crippen LogP contribution in [-0.2, 0) is 9.59 Å². The SMILES string of the molecule is CN1CCC[C@@H]1C(=O)NC(=O)CCl. The van der Waals surface area contributed by atoms with Gasteiger partial charge in [0.15, 0.2) is 0 Å². The van der Waals surface area contributed by atoms with Crippen molar-refractivity contribution in [2.75, 3.05) is 19.5 Å². The number of rotatable bonds is 2. The molecule has 1 rings (SSSR count). The van der Waals surface area contributed by atoms with Crippen LogP contribution in [0.5, 0.6) is 0 Å². The first kappa shape index (κ1) is 10.5. The van der Waals surface area contributed by atoms with E-state index in [-0.39, 0.29) is 17.8 Å². The third-order valence-corrected chi connectivity index (χ3v) is 2.45. The van der Waals surface area contributed by atoms with Crippen molar-refractivity contribution in [3.8, 4) is 0 Å². The molecule has 1 heterocycles. The average molecular weight is 205 g/mol. The molecule has 1 atom stereocenters. The van der Waals surface area contributed by atoms with Crippen molar-refractivity contribution in [1.29, 1.82) is 0 Å². The molecule has 0 radical (unpaired) electrons. The largest absolute Gasteiger partial charge is 0.295 e. The lowest BCUT2D eigenvalue weighted by Crippen LogP contribution is -2.44. The first-order valence-electron chi connectivity index (χ1n) is 4.25. The standard InChI is InChI=1S/C8H13ClN2O2/c1-11-4-2-3-6(11)8(13)10-7(12)5-9/h6H,2-5H2,1H3,(H,10,12,13)/t6-/m1/s1. The van der Waals surface area contributed by atoms with Crippen molar-refractivity contribution < 1.29 is 9.59 Å². The summed E-state index contributed by atoms with van der Waals surface area (Å²) in [5, 5.41) is 2.25. The van der Waals surface area contributed by atoms with Crippen LogP contribution < -0.4 is 5.32 Å². The third kappa shape index (κ3) is 2.67. The summed E-state index contributed by atoms with van der Waals surface area (Å²) in [6.45, 7) is 0.910. The van der Waals surface area contributed by atoms with Gasteiger partial charge in [0, 0.05) is 0 Å². The van der Waals surface area contributed by atoms with Gasteiger partial charge in [0.1, 0.15) is 5.88 Å². The lowest BCUT2D eigenvalue weighted by Gasteiger charge is -2.17. The molecule has 0 aliphatic carbocycles. The Hall–Kier alpha value is -0.610. The van der Waals surface area contributed by atoms with Gasteiger partial charge in [0.25, 0.3) is 0 Å². The van der Waals surface area contributed by atoms with Crippen LogP contribution in [0, 0.1) is 0 Å². The maximum Gasteiger partial charge on any atom is 0.243 e. The van der Waals surface area contributed by atoms with Crippen LogP contribution in [0.25, 0.3) is 0 Å². The Morgan fingerprint density at radius 3 is 2.77 bits per heavy atom. The van der Waals surface area contributed by atoms with Crippen molar-refractivity contribution in [2.45, 2.75) is 18.9 Å². The van der Waals surface area contributed by atoms with Crippen molar-refractivity contribution in [3.05, 3.63) is 0 Å². The number of likely N-dealkylation sites (tertiary alicyclic amines) is 1. The summed E-state index contributed by atoms with van der Waals surface area (Å²) in [5.74, 6) is -0.819. The number of hydrogen-bond donors (Lipinski definition) is 1. The number of halogens is 1. The van der Waals surface area contributed by atoms with E-state index in [4.69, 9.17) is 11.6 Å². The summed E-state index contributed by atoms with van der Waals surface area (Å²) in [5.41, 5.74) is 0. The van der Waals surface area contributed by atoms with E-state index >= 15 is 0 Å². The molecule has 0 unspecified atom stereocenters. The highest BCUT2D eigenvalue weighted by atomic mass is 35.5. The fourth-order valence-corrected chi connectivity index (χ4v) is 1.56. The van der Waals surface area contributed by atoms with Crippen LogP contribution in [0.15, 0.2) is 0 Å². The second-order valence-corrected chi connectivity index (χ2v) is 3.45. The first-order valence-corrected chi connectivity index (χ1v) is 4.78. The molecule has 13 heavy (non-hydrogen) atoms. The third-order valence-electron chi connectivity index (χ3n) is 2.21. The molecule has 0 bridgehead atoms. The molecule has 1 aliphatic heterocycles. The number of imide groups is 1. The number of likely N-dealkylation sites (N-methyl/N-ethyl adjacent to an activating group) is 1. The van der Waals surface area contributed by atoms with Crippen LogP contribution in [-0.4, -0.2) is 42.2 Å². The Morgan fingerprint density at radius 2 is 2.31 bits per heavy atom. The molecule has 0 saturated carbocycles. The van der Waals surface area contributed by atoms with E-state index < -0.39 is 5.91 Å². The minimum Gasteiger partial charge on any atom is -0.295 e. The van der Waals surface area contributed by atoms with E-state index in [0.717, 1.165) is 19.4 Å². The summed E-state index contributed by atoms with van der Waals surface area (Å²) in [4.78, 5) is 24.1. The highest BCUT2D eigenvalue weighted by Crippen LogP contribution is 2.14. The molecular weight excluding hydrogens is 192 g/mol. The van der Waals surface area contributed by atoms with Gasteiger partial charge in [0.05, 0.1) is 6.04 Å². The van der Waals surface area contributed by atoms with Crippen molar-refractivity contribution >= 4 is 23.4 Å². The molecule has 2 amide bonds. The Balaban J connectivity index is 2.43. The zero-order valence-corrected chi connectivity index (χ0v) is 8.30. The second kappa shape index (κ2) is 4.58.